The van der Waals surface area contributed by atoms with E-state index in [9.17, 15) is 18.0 Å². The van der Waals surface area contributed by atoms with E-state index < -0.39 is 17.8 Å². The number of hydrogen-bond acceptors (Lipinski definition) is 4. The van der Waals surface area contributed by atoms with Crippen molar-refractivity contribution in [2.75, 3.05) is 50.3 Å². The van der Waals surface area contributed by atoms with Crippen LogP contribution >= 0.6 is 11.8 Å². The lowest BCUT2D eigenvalue weighted by Crippen LogP contribution is -2.33. The van der Waals surface area contributed by atoms with E-state index in [1.165, 1.54) is 11.0 Å². The van der Waals surface area contributed by atoms with Crippen LogP contribution in [0.5, 0.6) is 5.75 Å². The number of carbonyl (C=O) groups excluding carboxylic acids is 1. The largest absolute Gasteiger partial charge is 0.493 e. The van der Waals surface area contributed by atoms with Crippen LogP contribution in [0.25, 0.3) is 0 Å². The fourth-order valence-electron chi connectivity index (χ4n) is 3.44. The summed E-state index contributed by atoms with van der Waals surface area (Å²) < 4.78 is 46.1. The zero-order chi connectivity index (χ0) is 22.6. The molecule has 168 valence electrons. The normalized spacial score (nSPS) is 13.5. The van der Waals surface area contributed by atoms with Crippen LogP contribution in [0.3, 0.4) is 0 Å². The van der Waals surface area contributed by atoms with E-state index >= 15 is 0 Å². The van der Waals surface area contributed by atoms with Gasteiger partial charge in [0.05, 0.1) is 12.2 Å². The number of benzene rings is 2. The third kappa shape index (κ3) is 5.86. The van der Waals surface area contributed by atoms with Gasteiger partial charge in [0.1, 0.15) is 5.75 Å². The molecule has 1 heterocycles. The van der Waals surface area contributed by atoms with Crippen LogP contribution in [0.4, 0.5) is 29.3 Å². The van der Waals surface area contributed by atoms with Crippen molar-refractivity contribution < 1.29 is 22.7 Å². The first-order chi connectivity index (χ1) is 14.7. The number of halogens is 3. The summed E-state index contributed by atoms with van der Waals surface area (Å²) in [6.07, 6.45) is -1.47. The molecule has 31 heavy (non-hydrogen) atoms. The highest BCUT2D eigenvalue weighted by atomic mass is 32.2. The molecular formula is C22H26F3N3O2S. The Labute approximate surface area is 184 Å². The average Bonchev–Trinajstić information content (AvgIpc) is 3.13. The maximum Gasteiger partial charge on any atom is 0.417 e. The van der Waals surface area contributed by atoms with Crippen LogP contribution < -0.4 is 15.0 Å². The fourth-order valence-corrected chi connectivity index (χ4v) is 4.10. The van der Waals surface area contributed by atoms with E-state index in [1.54, 1.807) is 30.5 Å². The van der Waals surface area contributed by atoms with E-state index in [1.807, 2.05) is 14.1 Å². The van der Waals surface area contributed by atoms with Gasteiger partial charge in [-0.1, -0.05) is 6.07 Å². The minimum Gasteiger partial charge on any atom is -0.493 e. The van der Waals surface area contributed by atoms with Gasteiger partial charge in [-0.3, -0.25) is 4.90 Å². The van der Waals surface area contributed by atoms with Crippen LogP contribution in [-0.4, -0.2) is 51.0 Å². The van der Waals surface area contributed by atoms with Gasteiger partial charge < -0.3 is 15.0 Å². The second kappa shape index (κ2) is 9.82. The quantitative estimate of drug-likeness (QED) is 0.453. The van der Waals surface area contributed by atoms with Gasteiger partial charge in [-0.2, -0.15) is 13.2 Å². The lowest BCUT2D eigenvalue weighted by Gasteiger charge is -2.20. The summed E-state index contributed by atoms with van der Waals surface area (Å²) in [6, 6.07) is 9.16. The first-order valence-corrected chi connectivity index (χ1v) is 11.2. The van der Waals surface area contributed by atoms with Crippen LogP contribution in [0, 0.1) is 0 Å². The Morgan fingerprint density at radius 3 is 2.71 bits per heavy atom. The van der Waals surface area contributed by atoms with Crippen molar-refractivity contribution in [2.24, 2.45) is 0 Å². The van der Waals surface area contributed by atoms with Crippen molar-refractivity contribution in [1.29, 1.82) is 0 Å². The number of amides is 2. The molecule has 0 saturated heterocycles. The second-order valence-corrected chi connectivity index (χ2v) is 8.39. The fraction of sp³-hybridized carbons (Fsp3) is 0.409. The average molecular weight is 454 g/mol. The number of anilines is 2. The Balaban J connectivity index is 1.71. The number of thioether (sulfide) groups is 1. The highest BCUT2D eigenvalue weighted by Crippen LogP contribution is 2.42. The van der Waals surface area contributed by atoms with E-state index in [0.717, 1.165) is 36.4 Å². The maximum absolute atomic E-state index is 13.4. The molecule has 5 nitrogen and oxygen atoms in total. The molecule has 0 fully saturated rings. The van der Waals surface area contributed by atoms with Crippen LogP contribution in [0.1, 0.15) is 17.5 Å². The van der Waals surface area contributed by atoms with Gasteiger partial charge in [0.25, 0.3) is 0 Å². The Hall–Kier alpha value is -2.39. The predicted molar refractivity (Wildman–Crippen MR) is 118 cm³/mol. The smallest absolute Gasteiger partial charge is 0.417 e. The number of nitrogens with one attached hydrogen (secondary N) is 1. The topological polar surface area (TPSA) is 44.8 Å². The molecular weight excluding hydrogens is 427 g/mol. The Morgan fingerprint density at radius 2 is 2.03 bits per heavy atom. The number of fused-ring (bicyclic) bond motifs is 1. The van der Waals surface area contributed by atoms with Crippen molar-refractivity contribution in [3.05, 3.63) is 47.5 Å². The lowest BCUT2D eigenvalue weighted by atomic mass is 10.1. The summed E-state index contributed by atoms with van der Waals surface area (Å²) in [6.45, 7) is 1.78. The van der Waals surface area contributed by atoms with Gasteiger partial charge in [-0.25, -0.2) is 4.79 Å². The minimum absolute atomic E-state index is 0.174. The summed E-state index contributed by atoms with van der Waals surface area (Å²) in [5.74, 6) is 0.627. The monoisotopic (exact) mass is 453 g/mol. The van der Waals surface area contributed by atoms with Gasteiger partial charge in [-0.15, -0.1) is 11.8 Å². The minimum atomic E-state index is -4.48. The summed E-state index contributed by atoms with van der Waals surface area (Å²) >= 11 is 1.06. The molecule has 0 spiro atoms. The molecule has 9 heteroatoms. The van der Waals surface area contributed by atoms with Crippen molar-refractivity contribution in [3.63, 3.8) is 0 Å². The van der Waals surface area contributed by atoms with Crippen LogP contribution in [0.2, 0.25) is 0 Å². The summed E-state index contributed by atoms with van der Waals surface area (Å²) in [5.41, 5.74) is 0.858. The molecule has 0 unspecified atom stereocenters. The molecule has 1 N–H and O–H groups in total. The van der Waals surface area contributed by atoms with Crippen molar-refractivity contribution in [1.82, 2.24) is 4.90 Å². The molecule has 0 aliphatic carbocycles. The molecule has 2 aromatic rings. The number of nitrogens with zero attached hydrogens (tertiary/aromatic N) is 2. The van der Waals surface area contributed by atoms with E-state index in [-0.39, 0.29) is 4.90 Å². The highest BCUT2D eigenvalue weighted by molar-refractivity contribution is 7.98. The number of rotatable bonds is 7. The summed E-state index contributed by atoms with van der Waals surface area (Å²) in [4.78, 5) is 16.4. The van der Waals surface area contributed by atoms with Gasteiger partial charge in [0.15, 0.2) is 0 Å². The number of carbonyl (C=O) groups is 1. The third-order valence-corrected chi connectivity index (χ3v) is 5.73. The third-order valence-electron chi connectivity index (χ3n) is 4.95. The molecule has 0 radical (unpaired) electrons. The first kappa shape index (κ1) is 23.3. The van der Waals surface area contributed by atoms with Crippen LogP contribution in [-0.2, 0) is 12.6 Å². The SMILES string of the molecule is CSc1cc2c(cc1C(F)(F)F)N(C(=O)Nc1cccc(OCCCN(C)C)c1)CC2. The zero-order valence-corrected chi connectivity index (χ0v) is 18.6. The van der Waals surface area contributed by atoms with Gasteiger partial charge in [0, 0.05) is 35.4 Å². The molecule has 3 rings (SSSR count). The van der Waals surface area contributed by atoms with E-state index in [0.29, 0.717) is 36.7 Å². The van der Waals surface area contributed by atoms with Gasteiger partial charge >= 0.3 is 12.2 Å². The summed E-state index contributed by atoms with van der Waals surface area (Å²) in [7, 11) is 3.98. The molecule has 0 atom stereocenters. The Kier molecular flexibility index (Phi) is 7.38. The number of ether oxygens (including phenoxy) is 1. The van der Waals surface area contributed by atoms with E-state index in [2.05, 4.69) is 10.2 Å². The van der Waals surface area contributed by atoms with Crippen molar-refractivity contribution in [2.45, 2.75) is 23.9 Å². The Bertz CT molecular complexity index is 935. The van der Waals surface area contributed by atoms with Crippen LogP contribution in [0.15, 0.2) is 41.3 Å². The highest BCUT2D eigenvalue weighted by Gasteiger charge is 2.36. The lowest BCUT2D eigenvalue weighted by molar-refractivity contribution is -0.139. The molecule has 0 aromatic heterocycles. The number of urea groups is 1. The molecule has 2 amide bonds. The molecule has 1 aliphatic heterocycles. The predicted octanol–water partition coefficient (Wildman–Crippen LogP) is 5.35. The second-order valence-electron chi connectivity index (χ2n) is 7.54. The molecule has 0 saturated carbocycles. The Morgan fingerprint density at radius 1 is 1.26 bits per heavy atom. The van der Waals surface area contributed by atoms with E-state index in [4.69, 9.17) is 4.74 Å². The number of hydrogen-bond donors (Lipinski definition) is 1. The first-order valence-electron chi connectivity index (χ1n) is 9.93. The zero-order valence-electron chi connectivity index (χ0n) is 17.8. The number of alkyl halides is 3. The summed E-state index contributed by atoms with van der Waals surface area (Å²) in [5, 5.41) is 2.77. The maximum atomic E-state index is 13.4. The standard InChI is InChI=1S/C22H26F3N3O2S/c1-27(2)9-5-11-30-17-7-4-6-16(13-17)26-21(29)28-10-8-15-12-20(31-3)18(14-19(15)28)22(23,24)25/h4,6-7,12-14H,5,8-11H2,1-3H3,(H,26,29). The van der Waals surface area contributed by atoms with Gasteiger partial charge in [-0.05, 0) is 63.0 Å². The van der Waals surface area contributed by atoms with Crippen molar-refractivity contribution >= 4 is 29.2 Å². The van der Waals surface area contributed by atoms with Crippen molar-refractivity contribution in [3.8, 4) is 5.75 Å². The molecule has 0 bridgehead atoms. The molecule has 2 aromatic carbocycles. The molecule has 1 aliphatic rings. The van der Waals surface area contributed by atoms with Gasteiger partial charge in [0.2, 0.25) is 0 Å².